The number of benzene rings is 3. The topological polar surface area (TPSA) is 142 Å². The summed E-state index contributed by atoms with van der Waals surface area (Å²) >= 11 is 0. The van der Waals surface area contributed by atoms with Crippen LogP contribution in [0.1, 0.15) is 20.7 Å². The van der Waals surface area contributed by atoms with Crippen LogP contribution in [-0.2, 0) is 4.74 Å². The van der Waals surface area contributed by atoms with E-state index in [1.54, 1.807) is 42.5 Å². The number of carbonyl (C=O) groups excluding carboxylic acids is 1. The Morgan fingerprint density at radius 1 is 0.789 bits per heavy atom. The monoisotopic (exact) mass is 511 g/mol. The highest BCUT2D eigenvalue weighted by molar-refractivity contribution is 6.10. The summed E-state index contributed by atoms with van der Waals surface area (Å²) in [4.78, 5) is 40.6. The highest BCUT2D eigenvalue weighted by Gasteiger charge is 2.20. The van der Waals surface area contributed by atoms with Crippen LogP contribution < -0.4 is 20.9 Å². The molecule has 3 aromatic carbocycles. The van der Waals surface area contributed by atoms with Crippen LogP contribution in [0.3, 0.4) is 0 Å². The molecule has 0 spiro atoms. The molecule has 38 heavy (non-hydrogen) atoms. The van der Waals surface area contributed by atoms with Crippen LogP contribution in [0.4, 0.5) is 34.9 Å². The molecule has 4 aromatic rings. The number of ether oxygens (including phenoxy) is 1. The molecule has 2 heterocycles. The van der Waals surface area contributed by atoms with Gasteiger partial charge in [-0.2, -0.15) is 15.0 Å². The van der Waals surface area contributed by atoms with Gasteiger partial charge in [-0.05, 0) is 36.4 Å². The molecule has 0 aliphatic carbocycles. The molecule has 0 saturated carbocycles. The van der Waals surface area contributed by atoms with E-state index in [0.717, 1.165) is 5.69 Å². The molecule has 0 radical (unpaired) electrons. The van der Waals surface area contributed by atoms with Gasteiger partial charge in [0.2, 0.25) is 17.8 Å². The maximum atomic E-state index is 12.9. The Morgan fingerprint density at radius 2 is 1.45 bits per heavy atom. The second kappa shape index (κ2) is 11.4. The third kappa shape index (κ3) is 5.85. The van der Waals surface area contributed by atoms with Crippen LogP contribution in [0.15, 0.2) is 78.9 Å². The third-order valence-electron chi connectivity index (χ3n) is 5.76. The molecular formula is C27H25N7O4. The zero-order valence-corrected chi connectivity index (χ0v) is 20.3. The molecule has 1 saturated heterocycles. The summed E-state index contributed by atoms with van der Waals surface area (Å²) in [5, 5.41) is 18.8. The summed E-state index contributed by atoms with van der Waals surface area (Å²) in [7, 11) is 0. The lowest BCUT2D eigenvalue weighted by molar-refractivity contribution is 0.0698. The number of morpholine rings is 1. The first kappa shape index (κ1) is 24.7. The number of aromatic nitrogens is 3. The molecule has 11 heteroatoms. The van der Waals surface area contributed by atoms with E-state index in [9.17, 15) is 14.7 Å². The maximum Gasteiger partial charge on any atom is 0.337 e. The number of aromatic carboxylic acids is 1. The van der Waals surface area contributed by atoms with Crippen molar-refractivity contribution in [3.05, 3.63) is 90.0 Å². The van der Waals surface area contributed by atoms with Gasteiger partial charge in [-0.3, -0.25) is 4.79 Å². The fourth-order valence-electron chi connectivity index (χ4n) is 3.90. The van der Waals surface area contributed by atoms with E-state index >= 15 is 0 Å². The first-order valence-corrected chi connectivity index (χ1v) is 12.0. The molecule has 4 N–H and O–H groups in total. The normalized spacial score (nSPS) is 13.0. The summed E-state index contributed by atoms with van der Waals surface area (Å²) in [6, 6.07) is 22.7. The van der Waals surface area contributed by atoms with E-state index in [2.05, 4.69) is 30.9 Å². The van der Waals surface area contributed by atoms with Gasteiger partial charge in [0.25, 0.3) is 5.91 Å². The van der Waals surface area contributed by atoms with E-state index < -0.39 is 11.9 Å². The highest BCUT2D eigenvalue weighted by Crippen LogP contribution is 2.30. The van der Waals surface area contributed by atoms with Crippen LogP contribution in [-0.4, -0.2) is 58.2 Å². The van der Waals surface area contributed by atoms with Gasteiger partial charge in [0, 0.05) is 24.3 Å². The summed E-state index contributed by atoms with van der Waals surface area (Å²) < 4.78 is 5.46. The molecule has 1 fully saturated rings. The predicted octanol–water partition coefficient (Wildman–Crippen LogP) is 4.15. The number of nitrogens with one attached hydrogen (secondary N) is 3. The fourth-order valence-corrected chi connectivity index (χ4v) is 3.90. The van der Waals surface area contributed by atoms with Crippen molar-refractivity contribution >= 4 is 46.8 Å². The van der Waals surface area contributed by atoms with Crippen LogP contribution in [0.25, 0.3) is 0 Å². The molecule has 1 aliphatic heterocycles. The Morgan fingerprint density at radius 3 is 2.13 bits per heavy atom. The lowest BCUT2D eigenvalue weighted by atomic mass is 10.1. The molecule has 1 aromatic heterocycles. The fraction of sp³-hybridized carbons (Fsp3) is 0.148. The Hall–Kier alpha value is -5.03. The molecule has 11 nitrogen and oxygen atoms in total. The SMILES string of the molecule is O=C(Nc1c(Nc2nc(Nc3ccccc3)nc(N3CCOCC3)n2)cccc1C(=O)O)c1ccccc1. The lowest BCUT2D eigenvalue weighted by Crippen LogP contribution is -2.37. The van der Waals surface area contributed by atoms with E-state index in [4.69, 9.17) is 4.74 Å². The van der Waals surface area contributed by atoms with Crippen molar-refractivity contribution in [2.45, 2.75) is 0 Å². The first-order valence-electron chi connectivity index (χ1n) is 12.0. The van der Waals surface area contributed by atoms with Crippen molar-refractivity contribution in [2.75, 3.05) is 47.2 Å². The zero-order valence-electron chi connectivity index (χ0n) is 20.3. The number of rotatable bonds is 8. The van der Waals surface area contributed by atoms with E-state index in [-0.39, 0.29) is 17.2 Å². The summed E-state index contributed by atoms with van der Waals surface area (Å²) in [5.74, 6) is -0.711. The van der Waals surface area contributed by atoms with Crippen molar-refractivity contribution in [1.29, 1.82) is 0 Å². The van der Waals surface area contributed by atoms with Gasteiger partial charge in [-0.15, -0.1) is 0 Å². The minimum atomic E-state index is -1.19. The zero-order chi connectivity index (χ0) is 26.3. The van der Waals surface area contributed by atoms with Gasteiger partial charge in [0.05, 0.1) is 30.2 Å². The number of nitrogens with zero attached hydrogens (tertiary/aromatic N) is 4. The van der Waals surface area contributed by atoms with E-state index in [1.807, 2.05) is 35.2 Å². The maximum absolute atomic E-state index is 12.9. The standard InChI is InChI=1S/C27H25N7O4/c35-23(18-8-3-1-4-9-18)30-22-20(24(36)37)12-7-13-21(22)29-26-31-25(28-19-10-5-2-6-11-19)32-27(33-26)34-14-16-38-17-15-34/h1-13H,14-17H2,(H,30,35)(H,36,37)(H2,28,29,31,32,33). The lowest BCUT2D eigenvalue weighted by Gasteiger charge is -2.27. The predicted molar refractivity (Wildman–Crippen MR) is 144 cm³/mol. The molecule has 1 aliphatic rings. The van der Waals surface area contributed by atoms with Gasteiger partial charge in [0.15, 0.2) is 0 Å². The molecule has 0 bridgehead atoms. The van der Waals surface area contributed by atoms with Gasteiger partial charge >= 0.3 is 5.97 Å². The van der Waals surface area contributed by atoms with Gasteiger partial charge in [-0.25, -0.2) is 4.79 Å². The molecular weight excluding hydrogens is 486 g/mol. The number of amides is 1. The highest BCUT2D eigenvalue weighted by atomic mass is 16.5. The van der Waals surface area contributed by atoms with Gasteiger partial charge < -0.3 is 30.7 Å². The van der Waals surface area contributed by atoms with Crippen LogP contribution >= 0.6 is 0 Å². The number of carbonyl (C=O) groups is 2. The Labute approximate surface area is 218 Å². The summed E-state index contributed by atoms with van der Waals surface area (Å²) in [5.41, 5.74) is 1.52. The van der Waals surface area contributed by atoms with Crippen molar-refractivity contribution < 1.29 is 19.4 Å². The first-order chi connectivity index (χ1) is 18.6. The summed E-state index contributed by atoms with van der Waals surface area (Å²) in [6.45, 7) is 2.32. The smallest absolute Gasteiger partial charge is 0.337 e. The number of carboxylic acid groups (broad SMARTS) is 1. The third-order valence-corrected chi connectivity index (χ3v) is 5.76. The van der Waals surface area contributed by atoms with Crippen LogP contribution in [0, 0.1) is 0 Å². The van der Waals surface area contributed by atoms with Crippen molar-refractivity contribution in [2.24, 2.45) is 0 Å². The second-order valence-electron chi connectivity index (χ2n) is 8.35. The largest absolute Gasteiger partial charge is 0.478 e. The van der Waals surface area contributed by atoms with Crippen molar-refractivity contribution in [3.8, 4) is 0 Å². The molecule has 0 unspecified atom stereocenters. The summed E-state index contributed by atoms with van der Waals surface area (Å²) in [6.07, 6.45) is 0. The molecule has 0 atom stereocenters. The number of carboxylic acids is 1. The molecule has 5 rings (SSSR count). The van der Waals surface area contributed by atoms with Crippen molar-refractivity contribution in [3.63, 3.8) is 0 Å². The average molecular weight is 512 g/mol. The van der Waals surface area contributed by atoms with Crippen molar-refractivity contribution in [1.82, 2.24) is 15.0 Å². The number of hydrogen-bond acceptors (Lipinski definition) is 9. The van der Waals surface area contributed by atoms with E-state index in [0.29, 0.717) is 49.5 Å². The Bertz CT molecular complexity index is 1430. The minimum absolute atomic E-state index is 0.0793. The average Bonchev–Trinajstić information content (AvgIpc) is 2.95. The number of anilines is 6. The second-order valence-corrected chi connectivity index (χ2v) is 8.35. The van der Waals surface area contributed by atoms with Gasteiger partial charge in [0.1, 0.15) is 0 Å². The number of para-hydroxylation sites is 2. The van der Waals surface area contributed by atoms with E-state index in [1.165, 1.54) is 6.07 Å². The Kier molecular flexibility index (Phi) is 7.37. The molecule has 1 amide bonds. The molecule has 192 valence electrons. The number of hydrogen-bond donors (Lipinski definition) is 4. The van der Waals surface area contributed by atoms with Gasteiger partial charge in [-0.1, -0.05) is 42.5 Å². The minimum Gasteiger partial charge on any atom is -0.478 e. The Balaban J connectivity index is 1.51. The quantitative estimate of drug-likeness (QED) is 0.273. The van der Waals surface area contributed by atoms with Crippen LogP contribution in [0.5, 0.6) is 0 Å². The van der Waals surface area contributed by atoms with Crippen LogP contribution in [0.2, 0.25) is 0 Å².